The minimum atomic E-state index is -0.191. The summed E-state index contributed by atoms with van der Waals surface area (Å²) in [7, 11) is 0. The van der Waals surface area contributed by atoms with Crippen LogP contribution < -0.4 is 0 Å². The van der Waals surface area contributed by atoms with Gasteiger partial charge in [0.15, 0.2) is 0 Å². The zero-order valence-corrected chi connectivity index (χ0v) is 8.45. The summed E-state index contributed by atoms with van der Waals surface area (Å²) in [5.41, 5.74) is 1.03. The lowest BCUT2D eigenvalue weighted by atomic mass is 9.88. The highest BCUT2D eigenvalue weighted by Crippen LogP contribution is 2.65. The molecule has 3 rings (SSSR count). The third-order valence-corrected chi connectivity index (χ3v) is 3.89. The van der Waals surface area contributed by atoms with Crippen molar-refractivity contribution in [2.75, 3.05) is 0 Å². The summed E-state index contributed by atoms with van der Waals surface area (Å²) in [4.78, 5) is 10.9. The Balaban J connectivity index is 2.00. The van der Waals surface area contributed by atoms with E-state index in [0.717, 1.165) is 18.3 Å². The molecule has 0 radical (unpaired) electrons. The fourth-order valence-electron chi connectivity index (χ4n) is 2.89. The second-order valence-corrected chi connectivity index (χ2v) is 4.77. The van der Waals surface area contributed by atoms with Gasteiger partial charge >= 0.3 is 0 Å². The van der Waals surface area contributed by atoms with Crippen LogP contribution in [0.3, 0.4) is 0 Å². The zero-order valence-electron chi connectivity index (χ0n) is 8.45. The molecule has 2 aliphatic carbocycles. The highest BCUT2D eigenvalue weighted by molar-refractivity contribution is 5.65. The van der Waals surface area contributed by atoms with Crippen LogP contribution in [0.5, 0.6) is 0 Å². The van der Waals surface area contributed by atoms with E-state index in [4.69, 9.17) is 0 Å². The molecule has 0 saturated heterocycles. The molecular formula is C13H13FO. The number of hydrogen-bond acceptors (Lipinski definition) is 1. The first kappa shape index (κ1) is 9.08. The van der Waals surface area contributed by atoms with E-state index >= 15 is 0 Å². The van der Waals surface area contributed by atoms with Crippen LogP contribution in [0.1, 0.15) is 24.8 Å². The highest BCUT2D eigenvalue weighted by Gasteiger charge is 2.62. The van der Waals surface area contributed by atoms with E-state index in [1.807, 2.05) is 6.07 Å². The third-order valence-electron chi connectivity index (χ3n) is 3.89. The smallest absolute Gasteiger partial charge is 0.124 e. The lowest BCUT2D eigenvalue weighted by Crippen LogP contribution is -2.13. The topological polar surface area (TPSA) is 17.1 Å². The molecule has 0 heterocycles. The summed E-state index contributed by atoms with van der Waals surface area (Å²) in [5, 5.41) is 0. The Labute approximate surface area is 88.3 Å². The molecule has 2 aliphatic rings. The largest absolute Gasteiger partial charge is 0.303 e. The normalized spacial score (nSPS) is 33.8. The quantitative estimate of drug-likeness (QED) is 0.692. The molecular weight excluding hydrogens is 191 g/mol. The lowest BCUT2D eigenvalue weighted by molar-refractivity contribution is -0.109. The van der Waals surface area contributed by atoms with Crippen LogP contribution in [0, 0.1) is 17.7 Å². The number of hydrogen-bond donors (Lipinski definition) is 0. The Bertz CT molecular complexity index is 411. The molecule has 2 unspecified atom stereocenters. The molecule has 1 aromatic carbocycles. The molecule has 0 N–H and O–H groups in total. The zero-order chi connectivity index (χ0) is 10.5. The van der Waals surface area contributed by atoms with Crippen LogP contribution in [0.25, 0.3) is 0 Å². The van der Waals surface area contributed by atoms with Crippen LogP contribution in [0.15, 0.2) is 24.3 Å². The number of aldehydes is 1. The maximum Gasteiger partial charge on any atom is 0.124 e. The van der Waals surface area contributed by atoms with Gasteiger partial charge < -0.3 is 4.79 Å². The van der Waals surface area contributed by atoms with Crippen molar-refractivity contribution in [3.05, 3.63) is 35.6 Å². The summed E-state index contributed by atoms with van der Waals surface area (Å²) in [6.45, 7) is 0. The Morgan fingerprint density at radius 2 is 2.20 bits per heavy atom. The predicted molar refractivity (Wildman–Crippen MR) is 55.0 cm³/mol. The maximum absolute atomic E-state index is 13.2. The molecule has 78 valence electrons. The molecule has 0 aromatic heterocycles. The first-order valence-corrected chi connectivity index (χ1v) is 5.49. The van der Waals surface area contributed by atoms with Crippen molar-refractivity contribution >= 4 is 6.29 Å². The van der Waals surface area contributed by atoms with Gasteiger partial charge in [-0.2, -0.15) is 0 Å². The number of carbonyl (C=O) groups is 1. The maximum atomic E-state index is 13.2. The van der Waals surface area contributed by atoms with Gasteiger partial charge in [-0.1, -0.05) is 12.1 Å². The SMILES string of the molecule is O=CC1CC1(c1cccc(F)c1)C1CC1. The Morgan fingerprint density at radius 1 is 1.40 bits per heavy atom. The summed E-state index contributed by atoms with van der Waals surface area (Å²) < 4.78 is 13.2. The van der Waals surface area contributed by atoms with Crippen LogP contribution in [0.4, 0.5) is 4.39 Å². The van der Waals surface area contributed by atoms with E-state index in [0.29, 0.717) is 5.92 Å². The van der Waals surface area contributed by atoms with Crippen molar-refractivity contribution in [1.29, 1.82) is 0 Å². The monoisotopic (exact) mass is 204 g/mol. The first-order valence-electron chi connectivity index (χ1n) is 5.49. The lowest BCUT2D eigenvalue weighted by Gasteiger charge is -2.15. The minimum absolute atomic E-state index is 0.00382. The van der Waals surface area contributed by atoms with E-state index in [1.165, 1.54) is 18.9 Å². The van der Waals surface area contributed by atoms with Crippen LogP contribution >= 0.6 is 0 Å². The van der Waals surface area contributed by atoms with Crippen molar-refractivity contribution in [3.8, 4) is 0 Å². The number of benzene rings is 1. The summed E-state index contributed by atoms with van der Waals surface area (Å²) in [6, 6.07) is 6.77. The van der Waals surface area contributed by atoms with Crippen LogP contribution in [0.2, 0.25) is 0 Å². The van der Waals surface area contributed by atoms with Crippen LogP contribution in [-0.2, 0) is 10.2 Å². The van der Waals surface area contributed by atoms with Crippen LogP contribution in [-0.4, -0.2) is 6.29 Å². The van der Waals surface area contributed by atoms with Gasteiger partial charge in [-0.3, -0.25) is 0 Å². The Morgan fingerprint density at radius 3 is 2.73 bits per heavy atom. The van der Waals surface area contributed by atoms with Gasteiger partial charge in [0.1, 0.15) is 12.1 Å². The van der Waals surface area contributed by atoms with Gasteiger partial charge in [0, 0.05) is 11.3 Å². The summed E-state index contributed by atoms with van der Waals surface area (Å²) in [6.07, 6.45) is 4.36. The molecule has 0 aliphatic heterocycles. The van der Waals surface area contributed by atoms with Crippen molar-refractivity contribution in [2.45, 2.75) is 24.7 Å². The third kappa shape index (κ3) is 1.24. The molecule has 2 saturated carbocycles. The van der Waals surface area contributed by atoms with Crippen molar-refractivity contribution in [2.24, 2.45) is 11.8 Å². The second kappa shape index (κ2) is 2.91. The molecule has 0 bridgehead atoms. The fourth-order valence-corrected chi connectivity index (χ4v) is 2.89. The Hall–Kier alpha value is -1.18. The standard InChI is InChI=1S/C13H13FO/c14-12-3-1-2-10(6-12)13(9-4-5-9)7-11(13)8-15/h1-3,6,8-9,11H,4-5,7H2. The van der Waals surface area contributed by atoms with E-state index in [2.05, 4.69) is 0 Å². The van der Waals surface area contributed by atoms with Gasteiger partial charge in [0.2, 0.25) is 0 Å². The molecule has 2 atom stereocenters. The van der Waals surface area contributed by atoms with Gasteiger partial charge in [-0.05, 0) is 42.9 Å². The van der Waals surface area contributed by atoms with Gasteiger partial charge in [0.05, 0.1) is 0 Å². The highest BCUT2D eigenvalue weighted by atomic mass is 19.1. The summed E-state index contributed by atoms with van der Waals surface area (Å²) >= 11 is 0. The molecule has 2 fully saturated rings. The molecule has 0 spiro atoms. The molecule has 1 nitrogen and oxygen atoms in total. The van der Waals surface area contributed by atoms with E-state index in [-0.39, 0.29) is 17.2 Å². The minimum Gasteiger partial charge on any atom is -0.303 e. The van der Waals surface area contributed by atoms with Crippen molar-refractivity contribution < 1.29 is 9.18 Å². The summed E-state index contributed by atoms with van der Waals surface area (Å²) in [5.74, 6) is 0.561. The number of rotatable bonds is 3. The molecule has 2 heteroatoms. The molecule has 0 amide bonds. The van der Waals surface area contributed by atoms with E-state index < -0.39 is 0 Å². The Kier molecular flexibility index (Phi) is 1.76. The second-order valence-electron chi connectivity index (χ2n) is 4.77. The van der Waals surface area contributed by atoms with Gasteiger partial charge in [-0.25, -0.2) is 4.39 Å². The van der Waals surface area contributed by atoms with Crippen molar-refractivity contribution in [1.82, 2.24) is 0 Å². The fraction of sp³-hybridized carbons (Fsp3) is 0.462. The first-order chi connectivity index (χ1) is 7.27. The van der Waals surface area contributed by atoms with Gasteiger partial charge in [-0.15, -0.1) is 0 Å². The number of halogens is 1. The predicted octanol–water partition coefficient (Wildman–Crippen LogP) is 2.69. The molecule has 1 aromatic rings. The van der Waals surface area contributed by atoms with E-state index in [1.54, 1.807) is 12.1 Å². The average molecular weight is 204 g/mol. The number of carbonyl (C=O) groups excluding carboxylic acids is 1. The molecule has 15 heavy (non-hydrogen) atoms. The van der Waals surface area contributed by atoms with Gasteiger partial charge in [0.25, 0.3) is 0 Å². The average Bonchev–Trinajstić information content (AvgIpc) is 3.11. The van der Waals surface area contributed by atoms with E-state index in [9.17, 15) is 9.18 Å². The van der Waals surface area contributed by atoms with Crippen molar-refractivity contribution in [3.63, 3.8) is 0 Å².